The number of halogens is 1. The van der Waals surface area contributed by atoms with Crippen LogP contribution in [0.1, 0.15) is 18.9 Å². The van der Waals surface area contributed by atoms with E-state index in [9.17, 15) is 9.59 Å². The summed E-state index contributed by atoms with van der Waals surface area (Å²) < 4.78 is 0. The predicted octanol–water partition coefficient (Wildman–Crippen LogP) is 3.76. The van der Waals surface area contributed by atoms with Crippen LogP contribution in [-0.4, -0.2) is 29.8 Å². The maximum absolute atomic E-state index is 12.0. The zero-order chi connectivity index (χ0) is 17.4. The molecule has 0 bridgehead atoms. The topological polar surface area (TPSA) is 49.4 Å². The van der Waals surface area contributed by atoms with Gasteiger partial charge in [-0.1, -0.05) is 48.0 Å². The van der Waals surface area contributed by atoms with E-state index in [1.807, 2.05) is 30.3 Å². The van der Waals surface area contributed by atoms with Crippen molar-refractivity contribution in [2.24, 2.45) is 0 Å². The number of hydrogen-bond acceptors (Lipinski definition) is 2. The monoisotopic (exact) mass is 344 g/mol. The van der Waals surface area contributed by atoms with E-state index >= 15 is 0 Å². The quantitative estimate of drug-likeness (QED) is 0.831. The second-order valence-corrected chi connectivity index (χ2v) is 5.99. The summed E-state index contributed by atoms with van der Waals surface area (Å²) in [6, 6.07) is 17.0. The van der Waals surface area contributed by atoms with Gasteiger partial charge in [-0.05, 0) is 30.2 Å². The van der Waals surface area contributed by atoms with E-state index < -0.39 is 0 Å². The molecule has 0 aromatic heterocycles. The number of hydrogen-bond donors (Lipinski definition) is 1. The normalized spacial score (nSPS) is 10.2. The maximum Gasteiger partial charge on any atom is 0.226 e. The Morgan fingerprint density at radius 2 is 1.79 bits per heavy atom. The first-order valence-corrected chi connectivity index (χ1v) is 8.27. The molecule has 5 heteroatoms. The summed E-state index contributed by atoms with van der Waals surface area (Å²) in [7, 11) is 0. The van der Waals surface area contributed by atoms with Crippen LogP contribution in [0, 0.1) is 0 Å². The Morgan fingerprint density at radius 1 is 1.04 bits per heavy atom. The molecule has 0 radical (unpaired) electrons. The van der Waals surface area contributed by atoms with Crippen molar-refractivity contribution in [1.29, 1.82) is 0 Å². The fraction of sp³-hybridized carbons (Fsp3) is 0.263. The number of carbonyl (C=O) groups is 2. The molecule has 126 valence electrons. The number of benzene rings is 2. The number of rotatable bonds is 7. The molecule has 0 aliphatic carbocycles. The SMILES string of the molecule is CC(=O)N(CCC(=O)Nc1cccc(Cl)c1)CCc1ccccc1. The smallest absolute Gasteiger partial charge is 0.226 e. The molecule has 0 heterocycles. The van der Waals surface area contributed by atoms with Crippen LogP contribution in [0.3, 0.4) is 0 Å². The van der Waals surface area contributed by atoms with Gasteiger partial charge in [0.1, 0.15) is 0 Å². The van der Waals surface area contributed by atoms with E-state index in [-0.39, 0.29) is 18.2 Å². The average Bonchev–Trinajstić information content (AvgIpc) is 2.55. The lowest BCUT2D eigenvalue weighted by Gasteiger charge is -2.21. The van der Waals surface area contributed by atoms with Crippen LogP contribution >= 0.6 is 11.6 Å². The second kappa shape index (κ2) is 9.08. The van der Waals surface area contributed by atoms with Crippen LogP contribution in [-0.2, 0) is 16.0 Å². The van der Waals surface area contributed by atoms with Gasteiger partial charge in [0, 0.05) is 37.1 Å². The third kappa shape index (κ3) is 6.05. The lowest BCUT2D eigenvalue weighted by Crippen LogP contribution is -2.33. The Labute approximate surface area is 147 Å². The van der Waals surface area contributed by atoms with Crippen molar-refractivity contribution in [2.75, 3.05) is 18.4 Å². The molecule has 0 aliphatic heterocycles. The standard InChI is InChI=1S/C19H21ClN2O2/c1-15(23)22(12-10-16-6-3-2-4-7-16)13-11-19(24)21-18-9-5-8-17(20)14-18/h2-9,14H,10-13H2,1H3,(H,21,24). The zero-order valence-electron chi connectivity index (χ0n) is 13.7. The highest BCUT2D eigenvalue weighted by molar-refractivity contribution is 6.30. The van der Waals surface area contributed by atoms with Crippen LogP contribution in [0.2, 0.25) is 5.02 Å². The molecule has 2 amide bonds. The fourth-order valence-corrected chi connectivity index (χ4v) is 2.55. The molecule has 0 atom stereocenters. The first kappa shape index (κ1) is 18.0. The Morgan fingerprint density at radius 3 is 2.46 bits per heavy atom. The van der Waals surface area contributed by atoms with Crippen LogP contribution in [0.15, 0.2) is 54.6 Å². The molecule has 24 heavy (non-hydrogen) atoms. The number of nitrogens with zero attached hydrogens (tertiary/aromatic N) is 1. The van der Waals surface area contributed by atoms with Crippen molar-refractivity contribution in [1.82, 2.24) is 4.90 Å². The molecular weight excluding hydrogens is 324 g/mol. The molecule has 0 saturated heterocycles. The Hall–Kier alpha value is -2.33. The van der Waals surface area contributed by atoms with E-state index in [2.05, 4.69) is 5.32 Å². The molecule has 0 saturated carbocycles. The van der Waals surface area contributed by atoms with Gasteiger partial charge in [0.15, 0.2) is 0 Å². The van der Waals surface area contributed by atoms with Gasteiger partial charge >= 0.3 is 0 Å². The fourth-order valence-electron chi connectivity index (χ4n) is 2.36. The molecule has 4 nitrogen and oxygen atoms in total. The molecule has 1 N–H and O–H groups in total. The minimum atomic E-state index is -0.136. The summed E-state index contributed by atoms with van der Waals surface area (Å²) in [5.41, 5.74) is 1.83. The predicted molar refractivity (Wildman–Crippen MR) is 97.1 cm³/mol. The van der Waals surface area contributed by atoms with Crippen molar-refractivity contribution in [3.63, 3.8) is 0 Å². The van der Waals surface area contributed by atoms with Crippen molar-refractivity contribution >= 4 is 29.1 Å². The largest absolute Gasteiger partial charge is 0.342 e. The van der Waals surface area contributed by atoms with E-state index in [1.54, 1.807) is 29.2 Å². The van der Waals surface area contributed by atoms with Gasteiger partial charge in [0.05, 0.1) is 0 Å². The highest BCUT2D eigenvalue weighted by atomic mass is 35.5. The molecular formula is C19H21ClN2O2. The summed E-state index contributed by atoms with van der Waals surface area (Å²) in [5, 5.41) is 3.36. The molecule has 0 fully saturated rings. The lowest BCUT2D eigenvalue weighted by atomic mass is 10.1. The Kier molecular flexibility index (Phi) is 6.82. The van der Waals surface area contributed by atoms with Gasteiger partial charge in [-0.15, -0.1) is 0 Å². The van der Waals surface area contributed by atoms with Gasteiger partial charge in [0.25, 0.3) is 0 Å². The van der Waals surface area contributed by atoms with Crippen molar-refractivity contribution in [2.45, 2.75) is 19.8 Å². The van der Waals surface area contributed by atoms with Gasteiger partial charge in [-0.25, -0.2) is 0 Å². The number of carbonyl (C=O) groups excluding carboxylic acids is 2. The van der Waals surface area contributed by atoms with E-state index in [0.717, 1.165) is 6.42 Å². The Bertz CT molecular complexity index is 689. The number of amides is 2. The number of nitrogens with one attached hydrogen (secondary N) is 1. The number of anilines is 1. The van der Waals surface area contributed by atoms with Crippen molar-refractivity contribution in [3.05, 3.63) is 65.2 Å². The third-order valence-electron chi connectivity index (χ3n) is 3.68. The third-order valence-corrected chi connectivity index (χ3v) is 3.91. The van der Waals surface area contributed by atoms with Crippen LogP contribution in [0.25, 0.3) is 0 Å². The minimum absolute atomic E-state index is 0.0264. The first-order valence-electron chi connectivity index (χ1n) is 7.89. The zero-order valence-corrected chi connectivity index (χ0v) is 14.4. The van der Waals surface area contributed by atoms with E-state index in [1.165, 1.54) is 12.5 Å². The first-order chi connectivity index (χ1) is 11.5. The molecule has 0 spiro atoms. The maximum atomic E-state index is 12.0. The van der Waals surface area contributed by atoms with E-state index in [0.29, 0.717) is 23.8 Å². The van der Waals surface area contributed by atoms with Crippen molar-refractivity contribution in [3.8, 4) is 0 Å². The molecule has 2 aromatic carbocycles. The lowest BCUT2D eigenvalue weighted by molar-refractivity contribution is -0.129. The van der Waals surface area contributed by atoms with Crippen LogP contribution < -0.4 is 5.32 Å². The highest BCUT2D eigenvalue weighted by Crippen LogP contribution is 2.15. The van der Waals surface area contributed by atoms with Gasteiger partial charge in [-0.3, -0.25) is 9.59 Å². The molecule has 0 unspecified atom stereocenters. The summed E-state index contributed by atoms with van der Waals surface area (Å²) in [4.78, 5) is 25.5. The van der Waals surface area contributed by atoms with Crippen LogP contribution in [0.4, 0.5) is 5.69 Å². The summed E-state index contributed by atoms with van der Waals surface area (Å²) >= 11 is 5.89. The van der Waals surface area contributed by atoms with Crippen molar-refractivity contribution < 1.29 is 9.59 Å². The summed E-state index contributed by atoms with van der Waals surface area (Å²) in [6.07, 6.45) is 1.03. The molecule has 0 aliphatic rings. The molecule has 2 aromatic rings. The average molecular weight is 345 g/mol. The highest BCUT2D eigenvalue weighted by Gasteiger charge is 2.11. The minimum Gasteiger partial charge on any atom is -0.342 e. The Balaban J connectivity index is 1.82. The van der Waals surface area contributed by atoms with Gasteiger partial charge in [0.2, 0.25) is 11.8 Å². The van der Waals surface area contributed by atoms with Gasteiger partial charge in [-0.2, -0.15) is 0 Å². The van der Waals surface area contributed by atoms with Crippen LogP contribution in [0.5, 0.6) is 0 Å². The summed E-state index contributed by atoms with van der Waals surface area (Å²) in [5.74, 6) is -0.162. The summed E-state index contributed by atoms with van der Waals surface area (Å²) in [6.45, 7) is 2.53. The van der Waals surface area contributed by atoms with Gasteiger partial charge < -0.3 is 10.2 Å². The second-order valence-electron chi connectivity index (χ2n) is 5.55. The van der Waals surface area contributed by atoms with E-state index in [4.69, 9.17) is 11.6 Å². The molecule has 2 rings (SSSR count).